The largest absolute Gasteiger partial charge is 0.312 e. The molecule has 2 fully saturated rings. The van der Waals surface area contributed by atoms with Crippen molar-refractivity contribution in [1.82, 2.24) is 15.2 Å². The minimum absolute atomic E-state index is 0.828. The molecule has 0 spiro atoms. The molecule has 1 aromatic rings. The number of likely N-dealkylation sites (N-methyl/N-ethyl adjacent to an activating group) is 1. The second kappa shape index (κ2) is 6.68. The van der Waals surface area contributed by atoms with Gasteiger partial charge in [-0.2, -0.15) is 0 Å². The van der Waals surface area contributed by atoms with Crippen LogP contribution >= 0.6 is 0 Å². The molecule has 2 aliphatic rings. The number of hydrogen-bond donors (Lipinski definition) is 1. The van der Waals surface area contributed by atoms with E-state index in [1.165, 1.54) is 31.2 Å². The first kappa shape index (κ1) is 14.0. The van der Waals surface area contributed by atoms with Crippen LogP contribution in [0.5, 0.6) is 0 Å². The van der Waals surface area contributed by atoms with E-state index in [1.54, 1.807) is 0 Å². The summed E-state index contributed by atoms with van der Waals surface area (Å²) in [5, 5.41) is 3.84. The van der Waals surface area contributed by atoms with Gasteiger partial charge in [0.2, 0.25) is 0 Å². The summed E-state index contributed by atoms with van der Waals surface area (Å²) in [6.07, 6.45) is 9.62. The normalized spacial score (nSPS) is 18.9. The van der Waals surface area contributed by atoms with Gasteiger partial charge in [0.1, 0.15) is 0 Å². The van der Waals surface area contributed by atoms with Crippen LogP contribution in [-0.2, 0) is 6.54 Å². The summed E-state index contributed by atoms with van der Waals surface area (Å²) in [6.45, 7) is 6.69. The van der Waals surface area contributed by atoms with E-state index >= 15 is 0 Å². The Balaban J connectivity index is 1.41. The molecule has 1 aromatic heterocycles. The first-order valence-electron chi connectivity index (χ1n) is 8.21. The SMILES string of the molecule is CCN(CCNC(C1CC1)C1CC1)Cc1ccncc1. The summed E-state index contributed by atoms with van der Waals surface area (Å²) >= 11 is 0. The van der Waals surface area contributed by atoms with Crippen LogP contribution in [0.4, 0.5) is 0 Å². The lowest BCUT2D eigenvalue weighted by molar-refractivity contribution is 0.268. The molecular weight excluding hydrogens is 246 g/mol. The van der Waals surface area contributed by atoms with E-state index in [-0.39, 0.29) is 0 Å². The van der Waals surface area contributed by atoms with Crippen LogP contribution in [0.25, 0.3) is 0 Å². The standard InChI is InChI=1S/C17H27N3/c1-2-20(13-14-7-9-18-10-8-14)12-11-19-17(15-3-4-15)16-5-6-16/h7-10,15-17,19H,2-6,11-13H2,1H3. The van der Waals surface area contributed by atoms with Crippen molar-refractivity contribution in [2.24, 2.45) is 11.8 Å². The number of pyridine rings is 1. The molecule has 1 heterocycles. The first-order valence-corrected chi connectivity index (χ1v) is 8.21. The number of aromatic nitrogens is 1. The lowest BCUT2D eigenvalue weighted by Crippen LogP contribution is -2.39. The quantitative estimate of drug-likeness (QED) is 0.750. The minimum Gasteiger partial charge on any atom is -0.312 e. The van der Waals surface area contributed by atoms with Gasteiger partial charge in [0.15, 0.2) is 0 Å². The summed E-state index contributed by atoms with van der Waals surface area (Å²) < 4.78 is 0. The van der Waals surface area contributed by atoms with Crippen molar-refractivity contribution >= 4 is 0 Å². The predicted octanol–water partition coefficient (Wildman–Crippen LogP) is 2.68. The number of rotatable bonds is 9. The summed E-state index contributed by atoms with van der Waals surface area (Å²) in [6, 6.07) is 5.07. The maximum atomic E-state index is 4.09. The van der Waals surface area contributed by atoms with Crippen molar-refractivity contribution in [3.63, 3.8) is 0 Å². The maximum absolute atomic E-state index is 4.09. The van der Waals surface area contributed by atoms with Crippen LogP contribution in [0.2, 0.25) is 0 Å². The van der Waals surface area contributed by atoms with Crippen molar-refractivity contribution in [2.75, 3.05) is 19.6 Å². The average molecular weight is 273 g/mol. The van der Waals surface area contributed by atoms with Gasteiger partial charge in [-0.3, -0.25) is 9.88 Å². The minimum atomic E-state index is 0.828. The van der Waals surface area contributed by atoms with E-state index in [0.29, 0.717) is 0 Å². The fourth-order valence-electron chi connectivity index (χ4n) is 3.11. The molecule has 20 heavy (non-hydrogen) atoms. The van der Waals surface area contributed by atoms with E-state index in [1.807, 2.05) is 12.4 Å². The van der Waals surface area contributed by atoms with Gasteiger partial charge in [0.05, 0.1) is 0 Å². The molecule has 0 saturated heterocycles. The Labute approximate surface area is 122 Å². The van der Waals surface area contributed by atoms with E-state index in [9.17, 15) is 0 Å². The molecule has 3 rings (SSSR count). The molecule has 0 radical (unpaired) electrons. The topological polar surface area (TPSA) is 28.2 Å². The van der Waals surface area contributed by atoms with Crippen molar-refractivity contribution in [1.29, 1.82) is 0 Å². The van der Waals surface area contributed by atoms with Gasteiger partial charge in [0, 0.05) is 38.1 Å². The molecule has 3 heteroatoms. The molecule has 2 aliphatic carbocycles. The lowest BCUT2D eigenvalue weighted by atomic mass is 10.1. The van der Waals surface area contributed by atoms with E-state index < -0.39 is 0 Å². The lowest BCUT2D eigenvalue weighted by Gasteiger charge is -2.23. The van der Waals surface area contributed by atoms with E-state index in [2.05, 4.69) is 34.3 Å². The van der Waals surface area contributed by atoms with Gasteiger partial charge in [-0.05, 0) is 61.8 Å². The van der Waals surface area contributed by atoms with Crippen molar-refractivity contribution in [3.8, 4) is 0 Å². The van der Waals surface area contributed by atoms with Crippen LogP contribution in [0.15, 0.2) is 24.5 Å². The third-order valence-corrected chi connectivity index (χ3v) is 4.67. The van der Waals surface area contributed by atoms with Gasteiger partial charge in [-0.1, -0.05) is 6.92 Å². The van der Waals surface area contributed by atoms with Crippen LogP contribution in [0.1, 0.15) is 38.2 Å². The van der Waals surface area contributed by atoms with E-state index in [4.69, 9.17) is 0 Å². The van der Waals surface area contributed by atoms with Crippen LogP contribution in [0, 0.1) is 11.8 Å². The molecule has 0 aliphatic heterocycles. The van der Waals surface area contributed by atoms with Crippen LogP contribution in [-0.4, -0.2) is 35.6 Å². The summed E-state index contributed by atoms with van der Waals surface area (Å²) in [7, 11) is 0. The Bertz CT molecular complexity index is 386. The smallest absolute Gasteiger partial charge is 0.0271 e. The maximum Gasteiger partial charge on any atom is 0.0271 e. The molecule has 110 valence electrons. The highest BCUT2D eigenvalue weighted by atomic mass is 15.1. The fourth-order valence-corrected chi connectivity index (χ4v) is 3.11. The zero-order valence-electron chi connectivity index (χ0n) is 12.6. The molecule has 0 bridgehead atoms. The summed E-state index contributed by atoms with van der Waals surface area (Å²) in [5.74, 6) is 2.00. The third-order valence-electron chi connectivity index (χ3n) is 4.67. The van der Waals surface area contributed by atoms with Crippen molar-refractivity contribution in [3.05, 3.63) is 30.1 Å². The zero-order chi connectivity index (χ0) is 13.8. The molecule has 2 saturated carbocycles. The number of nitrogens with one attached hydrogen (secondary N) is 1. The fraction of sp³-hybridized carbons (Fsp3) is 0.706. The second-order valence-electron chi connectivity index (χ2n) is 6.38. The summed E-state index contributed by atoms with van der Waals surface area (Å²) in [5.41, 5.74) is 1.36. The Morgan fingerprint density at radius 3 is 2.40 bits per heavy atom. The molecule has 0 amide bonds. The third kappa shape index (κ3) is 4.03. The van der Waals surface area contributed by atoms with Gasteiger partial charge >= 0.3 is 0 Å². The molecule has 0 atom stereocenters. The average Bonchev–Trinajstić information content (AvgIpc) is 3.37. The van der Waals surface area contributed by atoms with Crippen LogP contribution in [0.3, 0.4) is 0 Å². The van der Waals surface area contributed by atoms with Crippen molar-refractivity contribution < 1.29 is 0 Å². The van der Waals surface area contributed by atoms with Gasteiger partial charge < -0.3 is 5.32 Å². The molecule has 0 aromatic carbocycles. The Hall–Kier alpha value is -0.930. The highest BCUT2D eigenvalue weighted by Crippen LogP contribution is 2.44. The summed E-state index contributed by atoms with van der Waals surface area (Å²) in [4.78, 5) is 6.60. The Morgan fingerprint density at radius 1 is 1.20 bits per heavy atom. The van der Waals surface area contributed by atoms with Gasteiger partial charge in [-0.15, -0.1) is 0 Å². The number of nitrogens with zero attached hydrogens (tertiary/aromatic N) is 2. The van der Waals surface area contributed by atoms with Gasteiger partial charge in [-0.25, -0.2) is 0 Å². The molecular formula is C17H27N3. The molecule has 3 nitrogen and oxygen atoms in total. The Morgan fingerprint density at radius 2 is 1.85 bits per heavy atom. The number of hydrogen-bond acceptors (Lipinski definition) is 3. The highest BCUT2D eigenvalue weighted by molar-refractivity contribution is 5.09. The van der Waals surface area contributed by atoms with Crippen LogP contribution < -0.4 is 5.32 Å². The second-order valence-corrected chi connectivity index (χ2v) is 6.38. The highest BCUT2D eigenvalue weighted by Gasteiger charge is 2.40. The Kier molecular flexibility index (Phi) is 4.69. The monoisotopic (exact) mass is 273 g/mol. The first-order chi connectivity index (χ1) is 9.86. The van der Waals surface area contributed by atoms with Crippen molar-refractivity contribution in [2.45, 2.75) is 45.2 Å². The van der Waals surface area contributed by atoms with E-state index in [0.717, 1.165) is 44.1 Å². The predicted molar refractivity (Wildman–Crippen MR) is 82.4 cm³/mol. The van der Waals surface area contributed by atoms with Gasteiger partial charge in [0.25, 0.3) is 0 Å². The molecule has 1 N–H and O–H groups in total. The zero-order valence-corrected chi connectivity index (χ0v) is 12.6. The molecule has 0 unspecified atom stereocenters.